The summed E-state index contributed by atoms with van der Waals surface area (Å²) >= 11 is 0. The molecule has 0 N–H and O–H groups in total. The third-order valence-corrected chi connectivity index (χ3v) is 16.2. The highest BCUT2D eigenvalue weighted by Gasteiger charge is 2.09. The van der Waals surface area contributed by atoms with E-state index in [1.54, 1.807) is 0 Å². The Labute approximate surface area is 78.4 Å². The third kappa shape index (κ3) is 6.00. The smallest absolute Gasteiger partial charge is 0.170 e. The molecule has 0 radical (unpaired) electrons. The molecular weight excluding hydrogens is 204 g/mol. The Morgan fingerprint density at radius 2 is 1.91 bits per heavy atom. The normalized spacial score (nSPS) is 15.3. The molecule has 2 nitrogen and oxygen atoms in total. The summed E-state index contributed by atoms with van der Waals surface area (Å²) in [6, 6.07) is 2.59. The molecule has 0 fully saturated rings. The van der Waals surface area contributed by atoms with E-state index in [1.807, 2.05) is 0 Å². The van der Waals surface area contributed by atoms with Gasteiger partial charge in [-0.2, -0.15) is 0 Å². The van der Waals surface area contributed by atoms with Crippen LogP contribution in [0.15, 0.2) is 0 Å². The summed E-state index contributed by atoms with van der Waals surface area (Å²) in [7, 11) is -0.785. The fourth-order valence-corrected chi connectivity index (χ4v) is 12.2. The van der Waals surface area contributed by atoms with Gasteiger partial charge in [0.05, 0.1) is 0 Å². The zero-order valence-electron chi connectivity index (χ0n) is 8.09. The van der Waals surface area contributed by atoms with Crippen LogP contribution in [-0.2, 0) is 8.23 Å². The van der Waals surface area contributed by atoms with E-state index in [1.165, 1.54) is 12.1 Å². The molecule has 0 aliphatic rings. The van der Waals surface area contributed by atoms with Crippen molar-refractivity contribution in [2.45, 2.75) is 32.5 Å². The predicted octanol–water partition coefficient (Wildman–Crippen LogP) is -1.00. The molecule has 0 saturated heterocycles. The van der Waals surface area contributed by atoms with Crippen LogP contribution < -0.4 is 0 Å². The van der Waals surface area contributed by atoms with Gasteiger partial charge in [0.2, 0.25) is 0 Å². The lowest BCUT2D eigenvalue weighted by Gasteiger charge is -2.14. The molecule has 0 aromatic carbocycles. The molecule has 68 valence electrons. The van der Waals surface area contributed by atoms with Gasteiger partial charge in [0.25, 0.3) is 0 Å². The number of rotatable bonds is 6. The molecule has 1 unspecified atom stereocenters. The fourth-order valence-electron chi connectivity index (χ4n) is 0.864. The third-order valence-electron chi connectivity index (χ3n) is 1.88. The second kappa shape index (κ2) is 7.44. The molecular formula is C5H20O2Si4. The molecule has 0 aliphatic carbocycles. The molecule has 0 saturated carbocycles. The van der Waals surface area contributed by atoms with Gasteiger partial charge in [-0.1, -0.05) is 20.4 Å². The standard InChI is InChI=1S/C5H20O2Si4/c1-4-11(5-2)7-9-10(3)6-8/h10-11H,4-5,9H2,1-3,8H3. The Bertz CT molecular complexity index is 88.6. The SMILES string of the molecule is CC[SiH](CC)O[SiH2][SiH](C)O[SiH3]. The summed E-state index contributed by atoms with van der Waals surface area (Å²) < 4.78 is 11.4. The molecule has 0 aromatic rings. The van der Waals surface area contributed by atoms with Gasteiger partial charge in [0.15, 0.2) is 26.9 Å². The van der Waals surface area contributed by atoms with E-state index >= 15 is 0 Å². The molecule has 0 spiro atoms. The molecule has 6 heteroatoms. The number of hydrogen-bond acceptors (Lipinski definition) is 2. The second-order valence-electron chi connectivity index (χ2n) is 2.82. The Balaban J connectivity index is 3.34. The molecule has 0 aliphatic heterocycles. The minimum absolute atomic E-state index is 0.221. The van der Waals surface area contributed by atoms with Crippen molar-refractivity contribution >= 4 is 37.4 Å². The van der Waals surface area contributed by atoms with Gasteiger partial charge in [-0.05, 0) is 12.1 Å². The lowest BCUT2D eigenvalue weighted by atomic mass is 11.0. The lowest BCUT2D eigenvalue weighted by molar-refractivity contribution is 0.598. The van der Waals surface area contributed by atoms with Crippen LogP contribution in [0, 0.1) is 0 Å². The molecule has 0 amide bonds. The Kier molecular flexibility index (Phi) is 7.97. The number of hydrogen-bond donors (Lipinski definition) is 0. The molecule has 11 heavy (non-hydrogen) atoms. The zero-order valence-corrected chi connectivity index (χ0v) is 13.8. The molecule has 1 atom stereocenters. The zero-order chi connectivity index (χ0) is 8.69. The van der Waals surface area contributed by atoms with Crippen LogP contribution in [0.2, 0.25) is 18.6 Å². The van der Waals surface area contributed by atoms with Crippen LogP contribution in [-0.4, -0.2) is 37.4 Å². The van der Waals surface area contributed by atoms with Crippen LogP contribution in [0.25, 0.3) is 0 Å². The first-order chi connectivity index (χ1) is 5.24. The lowest BCUT2D eigenvalue weighted by Crippen LogP contribution is -2.29. The first kappa shape index (κ1) is 11.8. The highest BCUT2D eigenvalue weighted by molar-refractivity contribution is 7.08. The van der Waals surface area contributed by atoms with Crippen LogP contribution in [0.1, 0.15) is 13.8 Å². The minimum Gasteiger partial charge on any atom is -0.466 e. The molecule has 0 heterocycles. The van der Waals surface area contributed by atoms with Crippen molar-refractivity contribution in [2.75, 3.05) is 0 Å². The van der Waals surface area contributed by atoms with Crippen molar-refractivity contribution in [3.05, 3.63) is 0 Å². The van der Waals surface area contributed by atoms with Crippen LogP contribution >= 0.6 is 0 Å². The Hall–Kier alpha value is 0.788. The summed E-state index contributed by atoms with van der Waals surface area (Å²) in [5, 5.41) is 0. The minimum atomic E-state index is -0.752. The van der Waals surface area contributed by atoms with Crippen LogP contribution in [0.4, 0.5) is 0 Å². The van der Waals surface area contributed by atoms with Crippen molar-refractivity contribution in [3.63, 3.8) is 0 Å². The summed E-state index contributed by atoms with van der Waals surface area (Å²) in [5.41, 5.74) is 0. The average Bonchev–Trinajstić information content (AvgIpc) is 2.06. The first-order valence-corrected chi connectivity index (χ1v) is 12.8. The first-order valence-electron chi connectivity index (χ1n) is 4.38. The monoisotopic (exact) mass is 224 g/mol. The Morgan fingerprint density at radius 1 is 1.36 bits per heavy atom. The maximum atomic E-state index is 5.93. The van der Waals surface area contributed by atoms with Crippen molar-refractivity contribution in [1.29, 1.82) is 0 Å². The maximum absolute atomic E-state index is 5.93. The van der Waals surface area contributed by atoms with E-state index in [0.717, 1.165) is 10.5 Å². The average molecular weight is 225 g/mol. The second-order valence-corrected chi connectivity index (χ2v) is 15.3. The Morgan fingerprint density at radius 3 is 2.27 bits per heavy atom. The van der Waals surface area contributed by atoms with Gasteiger partial charge >= 0.3 is 0 Å². The highest BCUT2D eigenvalue weighted by atomic mass is 29.2. The summed E-state index contributed by atoms with van der Waals surface area (Å²) in [5.74, 6) is 0. The van der Waals surface area contributed by atoms with Gasteiger partial charge in [-0.15, -0.1) is 0 Å². The van der Waals surface area contributed by atoms with Gasteiger partial charge in [-0.3, -0.25) is 0 Å². The van der Waals surface area contributed by atoms with Crippen molar-refractivity contribution in [3.8, 4) is 0 Å². The van der Waals surface area contributed by atoms with Gasteiger partial charge < -0.3 is 8.23 Å². The van der Waals surface area contributed by atoms with Crippen molar-refractivity contribution < 1.29 is 8.23 Å². The highest BCUT2D eigenvalue weighted by Crippen LogP contribution is 1.99. The van der Waals surface area contributed by atoms with Crippen molar-refractivity contribution in [2.24, 2.45) is 0 Å². The maximum Gasteiger partial charge on any atom is 0.170 e. The summed E-state index contributed by atoms with van der Waals surface area (Å²) in [6.07, 6.45) is 0. The largest absolute Gasteiger partial charge is 0.466 e. The van der Waals surface area contributed by atoms with E-state index in [2.05, 4.69) is 20.4 Å². The van der Waals surface area contributed by atoms with Gasteiger partial charge in [0, 0.05) is 0 Å². The van der Waals surface area contributed by atoms with Crippen LogP contribution in [0.3, 0.4) is 0 Å². The summed E-state index contributed by atoms with van der Waals surface area (Å²) in [6.45, 7) is 6.78. The summed E-state index contributed by atoms with van der Waals surface area (Å²) in [4.78, 5) is 0. The van der Waals surface area contributed by atoms with Gasteiger partial charge in [-0.25, -0.2) is 0 Å². The topological polar surface area (TPSA) is 18.5 Å². The predicted molar refractivity (Wildman–Crippen MR) is 61.8 cm³/mol. The quantitative estimate of drug-likeness (QED) is 0.539. The molecule has 0 bridgehead atoms. The van der Waals surface area contributed by atoms with E-state index in [4.69, 9.17) is 8.23 Å². The molecule has 0 rings (SSSR count). The van der Waals surface area contributed by atoms with E-state index in [-0.39, 0.29) is 9.28 Å². The van der Waals surface area contributed by atoms with E-state index in [0.29, 0.717) is 0 Å². The van der Waals surface area contributed by atoms with E-state index in [9.17, 15) is 0 Å². The fraction of sp³-hybridized carbons (Fsp3) is 1.00. The van der Waals surface area contributed by atoms with E-state index < -0.39 is 17.6 Å². The molecule has 0 aromatic heterocycles. The van der Waals surface area contributed by atoms with Crippen molar-refractivity contribution in [1.82, 2.24) is 0 Å². The van der Waals surface area contributed by atoms with Gasteiger partial charge in [0.1, 0.15) is 10.5 Å². The van der Waals surface area contributed by atoms with Crippen LogP contribution in [0.5, 0.6) is 0 Å².